The SMILES string of the molecule is COCCN(CC(NC1CC1)(C(=O)OC)C1CC1)C1CC1. The van der Waals surface area contributed by atoms with Crippen LogP contribution in [0.5, 0.6) is 0 Å². The van der Waals surface area contributed by atoms with Crippen molar-refractivity contribution in [1.82, 2.24) is 10.2 Å². The lowest BCUT2D eigenvalue weighted by molar-refractivity contribution is -0.151. The second-order valence-electron chi connectivity index (χ2n) is 6.85. The predicted molar refractivity (Wildman–Crippen MR) is 80.1 cm³/mol. The molecule has 5 heteroatoms. The lowest BCUT2D eigenvalue weighted by atomic mass is 9.91. The van der Waals surface area contributed by atoms with Crippen molar-refractivity contribution in [2.45, 2.75) is 56.1 Å². The van der Waals surface area contributed by atoms with Gasteiger partial charge in [-0.1, -0.05) is 0 Å². The molecule has 3 rings (SSSR count). The van der Waals surface area contributed by atoms with Crippen molar-refractivity contribution < 1.29 is 14.3 Å². The van der Waals surface area contributed by atoms with Gasteiger partial charge in [-0.15, -0.1) is 0 Å². The molecule has 0 bridgehead atoms. The lowest BCUT2D eigenvalue weighted by Gasteiger charge is -2.37. The number of hydrogen-bond donors (Lipinski definition) is 1. The van der Waals surface area contributed by atoms with E-state index in [1.807, 2.05) is 0 Å². The molecule has 0 saturated heterocycles. The Labute approximate surface area is 127 Å². The van der Waals surface area contributed by atoms with Gasteiger partial charge in [-0.25, -0.2) is 4.79 Å². The van der Waals surface area contributed by atoms with E-state index < -0.39 is 5.54 Å². The molecule has 3 aliphatic rings. The summed E-state index contributed by atoms with van der Waals surface area (Å²) < 4.78 is 10.4. The Morgan fingerprint density at radius 1 is 1.19 bits per heavy atom. The largest absolute Gasteiger partial charge is 0.468 e. The molecule has 0 aromatic carbocycles. The van der Waals surface area contributed by atoms with E-state index in [0.717, 1.165) is 32.5 Å². The summed E-state index contributed by atoms with van der Waals surface area (Å²) in [6, 6.07) is 1.14. The topological polar surface area (TPSA) is 50.8 Å². The smallest absolute Gasteiger partial charge is 0.327 e. The molecule has 0 aromatic heterocycles. The minimum absolute atomic E-state index is 0.0695. The number of carbonyl (C=O) groups excluding carboxylic acids is 1. The van der Waals surface area contributed by atoms with Gasteiger partial charge in [-0.3, -0.25) is 10.2 Å². The third-order valence-electron chi connectivity index (χ3n) is 4.96. The molecule has 0 aromatic rings. The number of methoxy groups -OCH3 is 2. The van der Waals surface area contributed by atoms with Crippen LogP contribution in [0.3, 0.4) is 0 Å². The van der Waals surface area contributed by atoms with Gasteiger partial charge < -0.3 is 9.47 Å². The van der Waals surface area contributed by atoms with Gasteiger partial charge in [0, 0.05) is 32.3 Å². The molecule has 0 spiro atoms. The van der Waals surface area contributed by atoms with Crippen molar-refractivity contribution >= 4 is 5.97 Å². The van der Waals surface area contributed by atoms with E-state index in [1.165, 1.54) is 32.8 Å². The van der Waals surface area contributed by atoms with Crippen LogP contribution in [0.25, 0.3) is 0 Å². The normalized spacial score (nSPS) is 24.9. The van der Waals surface area contributed by atoms with Crippen molar-refractivity contribution in [3.8, 4) is 0 Å². The van der Waals surface area contributed by atoms with E-state index in [4.69, 9.17) is 9.47 Å². The quantitative estimate of drug-likeness (QED) is 0.613. The van der Waals surface area contributed by atoms with Crippen LogP contribution in [-0.2, 0) is 14.3 Å². The van der Waals surface area contributed by atoms with E-state index in [9.17, 15) is 4.79 Å². The maximum atomic E-state index is 12.6. The highest BCUT2D eigenvalue weighted by molar-refractivity contribution is 5.82. The van der Waals surface area contributed by atoms with Crippen LogP contribution >= 0.6 is 0 Å². The summed E-state index contributed by atoms with van der Waals surface area (Å²) in [5.74, 6) is 0.370. The van der Waals surface area contributed by atoms with Crippen molar-refractivity contribution in [1.29, 1.82) is 0 Å². The number of rotatable bonds is 10. The highest BCUT2D eigenvalue weighted by Gasteiger charge is 2.55. The summed E-state index contributed by atoms with van der Waals surface area (Å²) in [6.07, 6.45) is 7.14. The molecule has 0 amide bonds. The fourth-order valence-electron chi connectivity index (χ4n) is 3.29. The van der Waals surface area contributed by atoms with Crippen LogP contribution < -0.4 is 5.32 Å². The maximum Gasteiger partial charge on any atom is 0.327 e. The van der Waals surface area contributed by atoms with Crippen LogP contribution in [-0.4, -0.2) is 62.4 Å². The molecule has 3 saturated carbocycles. The summed E-state index contributed by atoms with van der Waals surface area (Å²) in [5, 5.41) is 3.65. The lowest BCUT2D eigenvalue weighted by Crippen LogP contribution is -2.62. The number of nitrogens with one attached hydrogen (secondary N) is 1. The minimum atomic E-state index is -0.494. The summed E-state index contributed by atoms with van der Waals surface area (Å²) in [4.78, 5) is 15.0. The first-order valence-corrected chi connectivity index (χ1v) is 8.28. The van der Waals surface area contributed by atoms with Gasteiger partial charge >= 0.3 is 5.97 Å². The van der Waals surface area contributed by atoms with Crippen LogP contribution in [0.15, 0.2) is 0 Å². The van der Waals surface area contributed by atoms with Gasteiger partial charge in [0.05, 0.1) is 13.7 Å². The molecule has 3 aliphatic carbocycles. The molecule has 3 fully saturated rings. The zero-order valence-electron chi connectivity index (χ0n) is 13.3. The van der Waals surface area contributed by atoms with Gasteiger partial charge in [-0.05, 0) is 44.4 Å². The van der Waals surface area contributed by atoms with Gasteiger partial charge in [0.2, 0.25) is 0 Å². The fourth-order valence-corrected chi connectivity index (χ4v) is 3.29. The molecule has 1 atom stereocenters. The van der Waals surface area contributed by atoms with Crippen molar-refractivity contribution in [2.24, 2.45) is 5.92 Å². The first kappa shape index (κ1) is 15.3. The molecular formula is C16H28N2O3. The van der Waals surface area contributed by atoms with Crippen molar-refractivity contribution in [3.63, 3.8) is 0 Å². The van der Waals surface area contributed by atoms with Crippen LogP contribution in [0.1, 0.15) is 38.5 Å². The number of hydrogen-bond acceptors (Lipinski definition) is 5. The Kier molecular flexibility index (Phi) is 4.52. The Balaban J connectivity index is 1.73. The van der Waals surface area contributed by atoms with E-state index in [-0.39, 0.29) is 5.97 Å². The molecule has 1 N–H and O–H groups in total. The zero-order valence-corrected chi connectivity index (χ0v) is 13.3. The summed E-state index contributed by atoms with van der Waals surface area (Å²) in [5.41, 5.74) is -0.494. The average Bonchev–Trinajstić information content (AvgIpc) is 3.31. The van der Waals surface area contributed by atoms with Crippen LogP contribution in [0.2, 0.25) is 0 Å². The van der Waals surface area contributed by atoms with E-state index in [0.29, 0.717) is 18.0 Å². The standard InChI is InChI=1S/C16H28N2O3/c1-20-10-9-18(14-7-8-14)11-16(12-3-4-12,15(19)21-2)17-13-5-6-13/h12-14,17H,3-11H2,1-2H3. The molecule has 21 heavy (non-hydrogen) atoms. The van der Waals surface area contributed by atoms with Gasteiger partial charge in [0.15, 0.2) is 0 Å². The van der Waals surface area contributed by atoms with E-state index in [2.05, 4.69) is 10.2 Å². The van der Waals surface area contributed by atoms with Gasteiger partial charge in [-0.2, -0.15) is 0 Å². The Bertz CT molecular complexity index is 378. The summed E-state index contributed by atoms with van der Waals surface area (Å²) >= 11 is 0. The number of nitrogens with zero attached hydrogens (tertiary/aromatic N) is 1. The average molecular weight is 296 g/mol. The monoisotopic (exact) mass is 296 g/mol. The summed E-state index contributed by atoms with van der Waals surface area (Å²) in [7, 11) is 3.26. The Morgan fingerprint density at radius 3 is 2.38 bits per heavy atom. The Morgan fingerprint density at radius 2 is 1.90 bits per heavy atom. The van der Waals surface area contributed by atoms with E-state index in [1.54, 1.807) is 7.11 Å². The minimum Gasteiger partial charge on any atom is -0.468 e. The third kappa shape index (κ3) is 3.58. The van der Waals surface area contributed by atoms with Crippen molar-refractivity contribution in [2.75, 3.05) is 33.9 Å². The van der Waals surface area contributed by atoms with Crippen molar-refractivity contribution in [3.05, 3.63) is 0 Å². The Hall–Kier alpha value is -0.650. The molecular weight excluding hydrogens is 268 g/mol. The zero-order chi connectivity index (χ0) is 14.9. The van der Waals surface area contributed by atoms with Crippen LogP contribution in [0, 0.1) is 5.92 Å². The third-order valence-corrected chi connectivity index (χ3v) is 4.96. The molecule has 0 radical (unpaired) electrons. The molecule has 1 unspecified atom stereocenters. The van der Waals surface area contributed by atoms with Gasteiger partial charge in [0.1, 0.15) is 5.54 Å². The van der Waals surface area contributed by atoms with Crippen LogP contribution in [0.4, 0.5) is 0 Å². The first-order chi connectivity index (χ1) is 10.2. The number of carbonyl (C=O) groups is 1. The molecule has 5 nitrogen and oxygen atoms in total. The second kappa shape index (κ2) is 6.23. The molecule has 0 aliphatic heterocycles. The molecule has 120 valence electrons. The predicted octanol–water partition coefficient (Wildman–Crippen LogP) is 1.17. The van der Waals surface area contributed by atoms with E-state index >= 15 is 0 Å². The highest BCUT2D eigenvalue weighted by atomic mass is 16.5. The number of ether oxygens (including phenoxy) is 2. The molecule has 0 heterocycles. The number of esters is 1. The second-order valence-corrected chi connectivity index (χ2v) is 6.85. The fraction of sp³-hybridized carbons (Fsp3) is 0.938. The summed E-state index contributed by atoms with van der Waals surface area (Å²) in [6.45, 7) is 2.40. The maximum absolute atomic E-state index is 12.6. The first-order valence-electron chi connectivity index (χ1n) is 8.28. The highest BCUT2D eigenvalue weighted by Crippen LogP contribution is 2.44. The van der Waals surface area contributed by atoms with Gasteiger partial charge in [0.25, 0.3) is 0 Å².